The molecule has 1 atom stereocenters. The highest BCUT2D eigenvalue weighted by Gasteiger charge is 2.40. The van der Waals surface area contributed by atoms with Crippen molar-refractivity contribution in [1.82, 2.24) is 4.34 Å². The van der Waals surface area contributed by atoms with Crippen LogP contribution >= 0.6 is 9.39 Å². The molecular weight excluding hydrogens is 275 g/mol. The van der Waals surface area contributed by atoms with Crippen LogP contribution < -0.4 is 0 Å². The minimum Gasteiger partial charge on any atom is -0.462 e. The van der Waals surface area contributed by atoms with Crippen LogP contribution in [0.5, 0.6) is 0 Å². The van der Waals surface area contributed by atoms with Gasteiger partial charge in [-0.15, -0.1) is 0 Å². The predicted octanol–water partition coefficient (Wildman–Crippen LogP) is 1.60. The van der Waals surface area contributed by atoms with Gasteiger partial charge in [0.25, 0.3) is 0 Å². The largest absolute Gasteiger partial charge is 0.462 e. The molecule has 2 heterocycles. The summed E-state index contributed by atoms with van der Waals surface area (Å²) in [5, 5.41) is 11.1. The van der Waals surface area contributed by atoms with Crippen LogP contribution in [0.15, 0.2) is 6.20 Å². The molecule has 0 amide bonds. The van der Waals surface area contributed by atoms with Crippen molar-refractivity contribution < 1.29 is 23.9 Å². The van der Waals surface area contributed by atoms with Gasteiger partial charge in [0.15, 0.2) is 12.6 Å². The molecule has 1 aromatic heterocycles. The topological polar surface area (TPSA) is 92.8 Å². The Hall–Kier alpha value is -1.50. The summed E-state index contributed by atoms with van der Waals surface area (Å²) in [6.07, 6.45) is -0.0598. The first kappa shape index (κ1) is 13.9. The number of nitro groups is 1. The third-order valence-corrected chi connectivity index (χ3v) is 2.97. The van der Waals surface area contributed by atoms with Gasteiger partial charge < -0.3 is 24.3 Å². The summed E-state index contributed by atoms with van der Waals surface area (Å²) in [6, 6.07) is 0. The fraction of sp³-hybridized carbons (Fsp3) is 0.500. The Kier molecular flexibility index (Phi) is 3.84. The number of hydrogen-bond donors (Lipinski definition) is 0. The van der Waals surface area contributed by atoms with Crippen LogP contribution in [-0.4, -0.2) is 28.1 Å². The molecule has 1 aliphatic heterocycles. The van der Waals surface area contributed by atoms with Gasteiger partial charge in [0, 0.05) is 0 Å². The lowest BCUT2D eigenvalue weighted by Gasteiger charge is -2.33. The zero-order chi connectivity index (χ0) is 14.2. The minimum absolute atomic E-state index is 0.0699. The molecule has 9 heteroatoms. The molecule has 1 unspecified atom stereocenters. The van der Waals surface area contributed by atoms with E-state index in [1.807, 2.05) is 0 Å². The first-order chi connectivity index (χ1) is 8.95. The lowest BCUT2D eigenvalue weighted by Crippen LogP contribution is -2.32. The Bertz CT molecular complexity index is 522. The predicted molar refractivity (Wildman–Crippen MR) is 66.5 cm³/mol. The van der Waals surface area contributed by atoms with Gasteiger partial charge in [-0.25, -0.2) is 9.13 Å². The lowest BCUT2D eigenvalue weighted by atomic mass is 10.1. The van der Waals surface area contributed by atoms with E-state index >= 15 is 0 Å². The molecule has 8 nitrogen and oxygen atoms in total. The zero-order valence-electron chi connectivity index (χ0n) is 10.4. The third-order valence-electron chi connectivity index (χ3n) is 2.58. The van der Waals surface area contributed by atoms with Crippen molar-refractivity contribution in [2.75, 3.05) is 6.61 Å². The van der Waals surface area contributed by atoms with Crippen LogP contribution in [0.3, 0.4) is 0 Å². The number of esters is 1. The van der Waals surface area contributed by atoms with Crippen molar-refractivity contribution in [2.24, 2.45) is 0 Å². The van der Waals surface area contributed by atoms with Crippen molar-refractivity contribution in [1.29, 1.82) is 0 Å². The normalized spacial score (nSPS) is 21.8. The second kappa shape index (κ2) is 5.24. The maximum atomic E-state index is 11.8. The zero-order valence-corrected chi connectivity index (χ0v) is 11.5. The molecule has 0 bridgehead atoms. The van der Waals surface area contributed by atoms with Crippen molar-refractivity contribution in [3.05, 3.63) is 27.4 Å². The molecule has 1 aliphatic rings. The van der Waals surface area contributed by atoms with E-state index in [0.29, 0.717) is 0 Å². The molecule has 1 fully saturated rings. The highest BCUT2D eigenvalue weighted by atomic mass is 31.0. The molecule has 1 saturated heterocycles. The van der Waals surface area contributed by atoms with Crippen LogP contribution in [0, 0.1) is 10.1 Å². The number of rotatable bonds is 4. The van der Waals surface area contributed by atoms with Crippen LogP contribution in [-0.2, 0) is 14.2 Å². The molecule has 0 saturated carbocycles. The smallest absolute Gasteiger partial charge is 0.342 e. The van der Waals surface area contributed by atoms with E-state index in [9.17, 15) is 14.9 Å². The Balaban J connectivity index is 2.45. The van der Waals surface area contributed by atoms with Gasteiger partial charge in [0.05, 0.1) is 16.0 Å². The second-order valence-electron chi connectivity index (χ2n) is 3.84. The first-order valence-corrected chi connectivity index (χ1v) is 6.10. The number of carbonyl (C=O) groups excluding carboxylic acids is 1. The maximum absolute atomic E-state index is 11.8. The number of nitrogens with zero attached hydrogens (tertiary/aromatic N) is 2. The van der Waals surface area contributed by atoms with E-state index in [2.05, 4.69) is 9.39 Å². The summed E-state index contributed by atoms with van der Waals surface area (Å²) in [5.41, 5.74) is 0.150. The SMILES string of the molecule is CCOC(=O)c1cn(P)c([N+](=O)[O-])c1C1OC(C)O1. The fourth-order valence-corrected chi connectivity index (χ4v) is 2.20. The van der Waals surface area contributed by atoms with Gasteiger partial charge in [0.1, 0.15) is 17.3 Å². The maximum Gasteiger partial charge on any atom is 0.342 e. The second-order valence-corrected chi connectivity index (χ2v) is 4.39. The standard InChI is InChI=1S/C10H13N2O6P/c1-3-16-9(13)6-4-11(19)8(12(14)15)7(6)10-17-5(2)18-10/h4-5,10H,3,19H2,1-2H3. The summed E-state index contributed by atoms with van der Waals surface area (Å²) in [5.74, 6) is -0.918. The third kappa shape index (κ3) is 2.47. The van der Waals surface area contributed by atoms with Crippen LogP contribution in [0.25, 0.3) is 0 Å². The van der Waals surface area contributed by atoms with Crippen molar-refractivity contribution >= 4 is 21.2 Å². The van der Waals surface area contributed by atoms with Gasteiger partial charge in [-0.3, -0.25) is 0 Å². The highest BCUT2D eigenvalue weighted by Crippen LogP contribution is 2.40. The van der Waals surface area contributed by atoms with E-state index < -0.39 is 23.5 Å². The van der Waals surface area contributed by atoms with Gasteiger partial charge in [-0.05, 0) is 18.8 Å². The van der Waals surface area contributed by atoms with E-state index in [4.69, 9.17) is 14.2 Å². The molecule has 0 radical (unpaired) electrons. The number of hydrogen-bond acceptors (Lipinski definition) is 6. The number of aromatic nitrogens is 1. The van der Waals surface area contributed by atoms with E-state index in [1.54, 1.807) is 13.8 Å². The molecular formula is C10H13N2O6P. The Morgan fingerprint density at radius 1 is 1.63 bits per heavy atom. The van der Waals surface area contributed by atoms with Crippen LogP contribution in [0.1, 0.15) is 36.1 Å². The minimum atomic E-state index is -0.920. The van der Waals surface area contributed by atoms with Gasteiger partial charge in [0.2, 0.25) is 0 Å². The van der Waals surface area contributed by atoms with Crippen molar-refractivity contribution in [3.8, 4) is 0 Å². The van der Waals surface area contributed by atoms with Gasteiger partial charge in [-0.2, -0.15) is 0 Å². The average Bonchev–Trinajstić information content (AvgIpc) is 2.62. The molecule has 19 heavy (non-hydrogen) atoms. The Labute approximate surface area is 111 Å². The average molecular weight is 288 g/mol. The quantitative estimate of drug-likeness (QED) is 0.361. The summed E-state index contributed by atoms with van der Waals surface area (Å²) in [7, 11) is 2.15. The van der Waals surface area contributed by atoms with Crippen molar-refractivity contribution in [2.45, 2.75) is 26.4 Å². The van der Waals surface area contributed by atoms with Gasteiger partial charge in [-0.1, -0.05) is 0 Å². The first-order valence-electron chi connectivity index (χ1n) is 5.58. The molecule has 1 aromatic rings. The molecule has 0 aliphatic carbocycles. The van der Waals surface area contributed by atoms with E-state index in [1.165, 1.54) is 6.20 Å². The fourth-order valence-electron chi connectivity index (χ4n) is 1.82. The lowest BCUT2D eigenvalue weighted by molar-refractivity contribution is -0.407. The molecule has 0 N–H and O–H groups in total. The number of ether oxygens (including phenoxy) is 3. The molecule has 2 rings (SSSR count). The molecule has 104 valence electrons. The molecule has 0 aromatic carbocycles. The summed E-state index contributed by atoms with van der Waals surface area (Å²) >= 11 is 0. The molecule has 0 spiro atoms. The summed E-state index contributed by atoms with van der Waals surface area (Å²) < 4.78 is 16.5. The summed E-state index contributed by atoms with van der Waals surface area (Å²) in [6.45, 7) is 3.49. The van der Waals surface area contributed by atoms with Crippen LogP contribution in [0.2, 0.25) is 0 Å². The van der Waals surface area contributed by atoms with Crippen molar-refractivity contribution in [3.63, 3.8) is 0 Å². The number of carbonyl (C=O) groups is 1. The Morgan fingerprint density at radius 3 is 2.74 bits per heavy atom. The van der Waals surface area contributed by atoms with Gasteiger partial charge >= 0.3 is 11.8 Å². The Morgan fingerprint density at radius 2 is 2.26 bits per heavy atom. The monoisotopic (exact) mass is 288 g/mol. The van der Waals surface area contributed by atoms with E-state index in [0.717, 1.165) is 4.34 Å². The van der Waals surface area contributed by atoms with Crippen LogP contribution in [0.4, 0.5) is 5.82 Å². The highest BCUT2D eigenvalue weighted by molar-refractivity contribution is 7.14. The summed E-state index contributed by atoms with van der Waals surface area (Å²) in [4.78, 5) is 22.3. The van der Waals surface area contributed by atoms with E-state index in [-0.39, 0.29) is 23.6 Å².